The lowest BCUT2D eigenvalue weighted by Crippen LogP contribution is -2.39. The van der Waals surface area contributed by atoms with E-state index in [1.54, 1.807) is 38.4 Å². The van der Waals surface area contributed by atoms with Crippen molar-refractivity contribution in [2.24, 2.45) is 10.9 Å². The summed E-state index contributed by atoms with van der Waals surface area (Å²) in [5.41, 5.74) is 8.53. The van der Waals surface area contributed by atoms with Crippen LogP contribution in [0.15, 0.2) is 29.4 Å². The average molecular weight is 252 g/mol. The summed E-state index contributed by atoms with van der Waals surface area (Å²) in [6, 6.07) is 6.54. The van der Waals surface area contributed by atoms with Gasteiger partial charge in [0.25, 0.3) is 5.91 Å². The van der Waals surface area contributed by atoms with Crippen LogP contribution in [0.4, 0.5) is 0 Å². The van der Waals surface area contributed by atoms with Gasteiger partial charge in [0, 0.05) is 19.7 Å². The third-order valence-corrected chi connectivity index (χ3v) is 1.98. The van der Waals surface area contributed by atoms with Gasteiger partial charge in [-0.25, -0.2) is 5.01 Å². The highest BCUT2D eigenvalue weighted by Crippen LogP contribution is 2.11. The molecule has 18 heavy (non-hydrogen) atoms. The van der Waals surface area contributed by atoms with Crippen LogP contribution >= 0.6 is 0 Å². The fourth-order valence-corrected chi connectivity index (χ4v) is 1.21. The monoisotopic (exact) mass is 252 g/mol. The summed E-state index contributed by atoms with van der Waals surface area (Å²) in [6.07, 6.45) is 0. The molecule has 0 bridgehead atoms. The second kappa shape index (κ2) is 6.45. The largest absolute Gasteiger partial charge is 0.484 e. The number of oxime groups is 1. The first kappa shape index (κ1) is 13.8. The minimum Gasteiger partial charge on any atom is -0.484 e. The molecule has 0 aliphatic heterocycles. The Bertz CT molecular complexity index is 428. The lowest BCUT2D eigenvalue weighted by atomic mass is 10.2. The predicted octanol–water partition coefficient (Wildman–Crippen LogP) is -0.247. The van der Waals surface area contributed by atoms with E-state index in [2.05, 4.69) is 10.6 Å². The summed E-state index contributed by atoms with van der Waals surface area (Å²) in [5, 5.41) is 12.9. The molecule has 0 aliphatic carbocycles. The van der Waals surface area contributed by atoms with Gasteiger partial charge in [0.2, 0.25) is 0 Å². The lowest BCUT2D eigenvalue weighted by molar-refractivity contribution is -0.126. The number of carbonyl (C=O) groups is 1. The normalized spacial score (nSPS) is 11.4. The summed E-state index contributed by atoms with van der Waals surface area (Å²) < 4.78 is 5.26. The Morgan fingerprint density at radius 3 is 2.56 bits per heavy atom. The predicted molar refractivity (Wildman–Crippen MR) is 66.3 cm³/mol. The van der Waals surface area contributed by atoms with Crippen molar-refractivity contribution < 1.29 is 14.7 Å². The number of amides is 1. The first-order chi connectivity index (χ1) is 8.52. The maximum atomic E-state index is 11.3. The van der Waals surface area contributed by atoms with Crippen LogP contribution < -0.4 is 15.9 Å². The lowest BCUT2D eigenvalue weighted by Gasteiger charge is -2.12. The molecule has 0 fully saturated rings. The number of benzene rings is 1. The van der Waals surface area contributed by atoms with Crippen molar-refractivity contribution in [3.05, 3.63) is 29.8 Å². The Hall–Kier alpha value is -2.28. The van der Waals surface area contributed by atoms with Gasteiger partial charge < -0.3 is 15.7 Å². The summed E-state index contributed by atoms with van der Waals surface area (Å²) in [7, 11) is 3.42. The Morgan fingerprint density at radius 2 is 2.06 bits per heavy atom. The number of rotatable bonds is 5. The van der Waals surface area contributed by atoms with Crippen molar-refractivity contribution in [3.8, 4) is 5.75 Å². The van der Waals surface area contributed by atoms with E-state index >= 15 is 0 Å². The minimum absolute atomic E-state index is 0.0203. The Balaban J connectivity index is 2.52. The van der Waals surface area contributed by atoms with Crippen molar-refractivity contribution >= 4 is 11.7 Å². The van der Waals surface area contributed by atoms with Gasteiger partial charge in [0.1, 0.15) is 5.75 Å². The molecule has 0 spiro atoms. The zero-order valence-corrected chi connectivity index (χ0v) is 10.3. The molecule has 1 aromatic carbocycles. The van der Waals surface area contributed by atoms with Crippen LogP contribution in [0.3, 0.4) is 0 Å². The molecule has 98 valence electrons. The fourth-order valence-electron chi connectivity index (χ4n) is 1.21. The molecule has 4 N–H and O–H groups in total. The number of hydrazine groups is 1. The van der Waals surface area contributed by atoms with E-state index in [0.29, 0.717) is 11.3 Å². The van der Waals surface area contributed by atoms with Crippen LogP contribution in [0.1, 0.15) is 5.56 Å². The molecule has 1 aromatic rings. The molecule has 7 heteroatoms. The molecular formula is C11H16N4O3. The summed E-state index contributed by atoms with van der Waals surface area (Å²) in [4.78, 5) is 11.3. The third-order valence-electron chi connectivity index (χ3n) is 1.98. The van der Waals surface area contributed by atoms with Crippen molar-refractivity contribution in [1.82, 2.24) is 10.4 Å². The van der Waals surface area contributed by atoms with E-state index < -0.39 is 0 Å². The molecule has 0 radical (unpaired) electrons. The third kappa shape index (κ3) is 4.30. The molecule has 0 heterocycles. The Morgan fingerprint density at radius 1 is 1.44 bits per heavy atom. The number of carbonyl (C=O) groups excluding carboxylic acids is 1. The smallest absolute Gasteiger partial charge is 0.272 e. The van der Waals surface area contributed by atoms with Gasteiger partial charge in [0.05, 0.1) is 0 Å². The molecular weight excluding hydrogens is 236 g/mol. The standard InChI is InChI=1S/C11H16N4O3/c1-15(2)13-10(16)7-18-9-5-3-8(4-6-9)11(12)14-17/h3-6,17H,7H2,1-2H3,(H2,12,14)(H,13,16). The van der Waals surface area contributed by atoms with Gasteiger partial charge >= 0.3 is 0 Å². The molecule has 0 atom stereocenters. The summed E-state index contributed by atoms with van der Waals surface area (Å²) in [6.45, 7) is -0.0822. The molecule has 0 saturated carbocycles. The van der Waals surface area contributed by atoms with Crippen LogP contribution in [0.5, 0.6) is 5.75 Å². The van der Waals surface area contributed by atoms with E-state index in [1.807, 2.05) is 0 Å². The van der Waals surface area contributed by atoms with Gasteiger partial charge in [-0.1, -0.05) is 5.16 Å². The molecule has 7 nitrogen and oxygen atoms in total. The van der Waals surface area contributed by atoms with Crippen LogP contribution in [0.2, 0.25) is 0 Å². The van der Waals surface area contributed by atoms with Crippen molar-refractivity contribution in [3.63, 3.8) is 0 Å². The van der Waals surface area contributed by atoms with Crippen molar-refractivity contribution in [2.75, 3.05) is 20.7 Å². The SMILES string of the molecule is CN(C)NC(=O)COc1ccc(/C(N)=N/O)cc1. The summed E-state index contributed by atoms with van der Waals surface area (Å²) >= 11 is 0. The zero-order valence-electron chi connectivity index (χ0n) is 10.3. The second-order valence-corrected chi connectivity index (χ2v) is 3.73. The van der Waals surface area contributed by atoms with Crippen LogP contribution in [-0.4, -0.2) is 42.7 Å². The van der Waals surface area contributed by atoms with E-state index in [1.165, 1.54) is 5.01 Å². The number of ether oxygens (including phenoxy) is 1. The van der Waals surface area contributed by atoms with Gasteiger partial charge in [0.15, 0.2) is 12.4 Å². The highest BCUT2D eigenvalue weighted by Gasteiger charge is 2.04. The number of nitrogens with two attached hydrogens (primary N) is 1. The van der Waals surface area contributed by atoms with Crippen LogP contribution in [0, 0.1) is 0 Å². The number of hydrogen-bond donors (Lipinski definition) is 3. The van der Waals surface area contributed by atoms with Gasteiger partial charge in [-0.3, -0.25) is 10.2 Å². The zero-order chi connectivity index (χ0) is 13.5. The Labute approximate surface area is 105 Å². The highest BCUT2D eigenvalue weighted by atomic mass is 16.5. The topological polar surface area (TPSA) is 100 Å². The Kier molecular flexibility index (Phi) is 4.94. The number of nitrogens with zero attached hydrogens (tertiary/aromatic N) is 2. The van der Waals surface area contributed by atoms with Gasteiger partial charge in [-0.05, 0) is 24.3 Å². The van der Waals surface area contributed by atoms with E-state index in [-0.39, 0.29) is 18.3 Å². The molecule has 0 unspecified atom stereocenters. The second-order valence-electron chi connectivity index (χ2n) is 3.73. The average Bonchev–Trinajstić information content (AvgIpc) is 2.35. The van der Waals surface area contributed by atoms with Gasteiger partial charge in [-0.15, -0.1) is 0 Å². The molecule has 1 rings (SSSR count). The number of hydrogen-bond acceptors (Lipinski definition) is 5. The summed E-state index contributed by atoms with van der Waals surface area (Å²) in [5.74, 6) is 0.297. The molecule has 1 amide bonds. The number of amidine groups is 1. The molecule has 0 aromatic heterocycles. The quantitative estimate of drug-likeness (QED) is 0.290. The maximum absolute atomic E-state index is 11.3. The van der Waals surface area contributed by atoms with E-state index in [9.17, 15) is 4.79 Å². The van der Waals surface area contributed by atoms with E-state index in [4.69, 9.17) is 15.7 Å². The first-order valence-corrected chi connectivity index (χ1v) is 5.20. The molecule has 0 saturated heterocycles. The van der Waals surface area contributed by atoms with Crippen LogP contribution in [-0.2, 0) is 4.79 Å². The maximum Gasteiger partial charge on any atom is 0.272 e. The van der Waals surface area contributed by atoms with Crippen molar-refractivity contribution in [2.45, 2.75) is 0 Å². The van der Waals surface area contributed by atoms with Gasteiger partial charge in [-0.2, -0.15) is 0 Å². The highest BCUT2D eigenvalue weighted by molar-refractivity contribution is 5.97. The fraction of sp³-hybridized carbons (Fsp3) is 0.273. The van der Waals surface area contributed by atoms with E-state index in [0.717, 1.165) is 0 Å². The minimum atomic E-state index is -0.250. The van der Waals surface area contributed by atoms with Crippen LogP contribution in [0.25, 0.3) is 0 Å². The number of nitrogens with one attached hydrogen (secondary N) is 1. The molecule has 0 aliphatic rings. The van der Waals surface area contributed by atoms with Crippen molar-refractivity contribution in [1.29, 1.82) is 0 Å². The first-order valence-electron chi connectivity index (χ1n) is 5.20.